The molecule has 0 saturated heterocycles. The molecule has 0 amide bonds. The van der Waals surface area contributed by atoms with Crippen molar-refractivity contribution in [2.24, 2.45) is 5.73 Å². The van der Waals surface area contributed by atoms with E-state index in [0.29, 0.717) is 0 Å². The van der Waals surface area contributed by atoms with E-state index in [9.17, 15) is 0 Å². The van der Waals surface area contributed by atoms with Crippen molar-refractivity contribution < 1.29 is 0 Å². The first-order valence-electron chi connectivity index (χ1n) is 3.66. The number of allylic oxidation sites excluding steroid dienone is 4. The van der Waals surface area contributed by atoms with Gasteiger partial charge in [0, 0.05) is 0 Å². The molecule has 2 heteroatoms. The summed E-state index contributed by atoms with van der Waals surface area (Å²) < 4.78 is 0. The average molecular weight is 152 g/mol. The molecule has 0 bridgehead atoms. The first-order valence-corrected chi connectivity index (χ1v) is 3.66. The minimum atomic E-state index is -0.00958. The van der Waals surface area contributed by atoms with Gasteiger partial charge < -0.3 is 11.1 Å². The van der Waals surface area contributed by atoms with Gasteiger partial charge in [0.15, 0.2) is 0 Å². The maximum Gasteiger partial charge on any atom is 0.0709 e. The zero-order valence-corrected chi connectivity index (χ0v) is 7.17. The molecule has 0 heterocycles. The van der Waals surface area contributed by atoms with E-state index in [1.54, 1.807) is 6.20 Å². The Bertz CT molecular complexity index is 166. The van der Waals surface area contributed by atoms with Gasteiger partial charge in [-0.25, -0.2) is 0 Å². The molecule has 11 heavy (non-hydrogen) atoms. The molecule has 0 aliphatic heterocycles. The lowest BCUT2D eigenvalue weighted by Gasteiger charge is -2.02. The van der Waals surface area contributed by atoms with Crippen molar-refractivity contribution >= 4 is 0 Å². The summed E-state index contributed by atoms with van der Waals surface area (Å²) in [6, 6.07) is 0. The van der Waals surface area contributed by atoms with E-state index >= 15 is 0 Å². The normalized spacial score (nSPS) is 14.1. The van der Waals surface area contributed by atoms with Crippen molar-refractivity contribution in [2.75, 3.05) is 0 Å². The molecular formula is C9H16N2. The van der Waals surface area contributed by atoms with Crippen LogP contribution in [0.2, 0.25) is 0 Å². The number of nitrogens with two attached hydrogens (primary N) is 1. The fourth-order valence-corrected chi connectivity index (χ4v) is 0.577. The lowest BCUT2D eigenvalue weighted by atomic mass is 10.3. The Labute approximate surface area is 68.5 Å². The van der Waals surface area contributed by atoms with Crippen LogP contribution in [0.4, 0.5) is 0 Å². The van der Waals surface area contributed by atoms with Gasteiger partial charge in [-0.3, -0.25) is 0 Å². The van der Waals surface area contributed by atoms with Crippen molar-refractivity contribution in [1.82, 2.24) is 5.32 Å². The fourth-order valence-electron chi connectivity index (χ4n) is 0.577. The molecule has 0 aromatic heterocycles. The van der Waals surface area contributed by atoms with E-state index < -0.39 is 0 Å². The van der Waals surface area contributed by atoms with E-state index in [0.717, 1.165) is 5.57 Å². The van der Waals surface area contributed by atoms with Crippen molar-refractivity contribution in [1.29, 1.82) is 0 Å². The molecule has 0 saturated carbocycles. The van der Waals surface area contributed by atoms with Gasteiger partial charge in [-0.1, -0.05) is 18.7 Å². The number of hydrogen-bond acceptors (Lipinski definition) is 2. The summed E-state index contributed by atoms with van der Waals surface area (Å²) in [6.07, 6.45) is 7.54. The standard InChI is InChI=1S/C9H16N2/c1-4-5-8(2)6-7-11-9(3)10/h4-7,9,11H,2,10H2,1,3H3/b5-4-,7-6-. The third-order valence-corrected chi connectivity index (χ3v) is 1.04. The van der Waals surface area contributed by atoms with Crippen LogP contribution in [0.5, 0.6) is 0 Å². The van der Waals surface area contributed by atoms with E-state index in [1.165, 1.54) is 0 Å². The average Bonchev–Trinajstić information content (AvgIpc) is 1.87. The monoisotopic (exact) mass is 152 g/mol. The lowest BCUT2D eigenvalue weighted by molar-refractivity contribution is 0.670. The Morgan fingerprint density at radius 1 is 1.55 bits per heavy atom. The predicted octanol–water partition coefficient (Wildman–Crippen LogP) is 1.53. The molecule has 0 aliphatic carbocycles. The third-order valence-electron chi connectivity index (χ3n) is 1.04. The maximum atomic E-state index is 5.44. The summed E-state index contributed by atoms with van der Waals surface area (Å²) in [4.78, 5) is 0. The predicted molar refractivity (Wildman–Crippen MR) is 49.9 cm³/mol. The fraction of sp³-hybridized carbons (Fsp3) is 0.333. The molecule has 2 nitrogen and oxygen atoms in total. The van der Waals surface area contributed by atoms with Crippen LogP contribution in [0, 0.1) is 0 Å². The largest absolute Gasteiger partial charge is 0.376 e. The Balaban J connectivity index is 3.65. The molecule has 0 aromatic rings. The quantitative estimate of drug-likeness (QED) is 0.473. The van der Waals surface area contributed by atoms with Crippen LogP contribution in [0.15, 0.2) is 36.6 Å². The van der Waals surface area contributed by atoms with Crippen molar-refractivity contribution in [3.8, 4) is 0 Å². The smallest absolute Gasteiger partial charge is 0.0709 e. The second-order valence-corrected chi connectivity index (χ2v) is 2.36. The molecule has 3 N–H and O–H groups in total. The summed E-state index contributed by atoms with van der Waals surface area (Å²) in [5.41, 5.74) is 6.40. The minimum absolute atomic E-state index is 0.00958. The highest BCUT2D eigenvalue weighted by Crippen LogP contribution is 1.92. The molecule has 0 aromatic carbocycles. The molecule has 1 unspecified atom stereocenters. The van der Waals surface area contributed by atoms with Gasteiger partial charge in [-0.05, 0) is 31.7 Å². The second-order valence-electron chi connectivity index (χ2n) is 2.36. The Kier molecular flexibility index (Phi) is 5.21. The van der Waals surface area contributed by atoms with Crippen LogP contribution in [-0.2, 0) is 0 Å². The highest BCUT2D eigenvalue weighted by molar-refractivity contribution is 5.26. The van der Waals surface area contributed by atoms with Crippen LogP contribution in [0.25, 0.3) is 0 Å². The Morgan fingerprint density at radius 3 is 2.64 bits per heavy atom. The number of nitrogens with one attached hydrogen (secondary N) is 1. The second kappa shape index (κ2) is 5.74. The van der Waals surface area contributed by atoms with Gasteiger partial charge in [0.2, 0.25) is 0 Å². The van der Waals surface area contributed by atoms with Crippen molar-refractivity contribution in [2.45, 2.75) is 20.0 Å². The molecule has 62 valence electrons. The lowest BCUT2D eigenvalue weighted by Crippen LogP contribution is -2.29. The molecule has 0 fully saturated rings. The minimum Gasteiger partial charge on any atom is -0.376 e. The van der Waals surface area contributed by atoms with E-state index in [4.69, 9.17) is 5.73 Å². The van der Waals surface area contributed by atoms with E-state index in [1.807, 2.05) is 32.1 Å². The summed E-state index contributed by atoms with van der Waals surface area (Å²) in [5, 5.41) is 2.94. The Morgan fingerprint density at radius 2 is 2.18 bits per heavy atom. The molecule has 1 atom stereocenters. The molecule has 0 rings (SSSR count). The van der Waals surface area contributed by atoms with Gasteiger partial charge in [-0.2, -0.15) is 0 Å². The summed E-state index contributed by atoms with van der Waals surface area (Å²) in [5.74, 6) is 0. The van der Waals surface area contributed by atoms with Gasteiger partial charge in [0.05, 0.1) is 6.17 Å². The first kappa shape index (κ1) is 9.98. The third kappa shape index (κ3) is 6.87. The molecule has 0 radical (unpaired) electrons. The maximum absolute atomic E-state index is 5.44. The van der Waals surface area contributed by atoms with E-state index in [2.05, 4.69) is 11.9 Å². The zero-order chi connectivity index (χ0) is 8.69. The topological polar surface area (TPSA) is 38.0 Å². The van der Waals surface area contributed by atoms with Crippen LogP contribution in [0.3, 0.4) is 0 Å². The highest BCUT2D eigenvalue weighted by atomic mass is 15.0. The molecule has 0 aliphatic rings. The van der Waals surface area contributed by atoms with Crippen LogP contribution >= 0.6 is 0 Å². The van der Waals surface area contributed by atoms with Gasteiger partial charge in [0.1, 0.15) is 0 Å². The number of hydrogen-bond donors (Lipinski definition) is 2. The highest BCUT2D eigenvalue weighted by Gasteiger charge is 1.83. The van der Waals surface area contributed by atoms with Crippen LogP contribution < -0.4 is 11.1 Å². The SMILES string of the molecule is C=C(/C=C\C)/C=C\NC(C)N. The summed E-state index contributed by atoms with van der Waals surface area (Å²) in [7, 11) is 0. The molecule has 0 spiro atoms. The van der Waals surface area contributed by atoms with Crippen LogP contribution in [-0.4, -0.2) is 6.17 Å². The van der Waals surface area contributed by atoms with Crippen molar-refractivity contribution in [3.05, 3.63) is 36.6 Å². The summed E-state index contributed by atoms with van der Waals surface area (Å²) in [6.45, 7) is 7.62. The number of rotatable bonds is 4. The molecular weight excluding hydrogens is 136 g/mol. The van der Waals surface area contributed by atoms with Gasteiger partial charge in [0.25, 0.3) is 0 Å². The summed E-state index contributed by atoms with van der Waals surface area (Å²) >= 11 is 0. The first-order chi connectivity index (χ1) is 5.16. The zero-order valence-electron chi connectivity index (χ0n) is 7.17. The Hall–Kier alpha value is -1.02. The van der Waals surface area contributed by atoms with Crippen LogP contribution in [0.1, 0.15) is 13.8 Å². The van der Waals surface area contributed by atoms with Gasteiger partial charge >= 0.3 is 0 Å². The van der Waals surface area contributed by atoms with E-state index in [-0.39, 0.29) is 6.17 Å². The van der Waals surface area contributed by atoms with Gasteiger partial charge in [-0.15, -0.1) is 0 Å². The van der Waals surface area contributed by atoms with Crippen molar-refractivity contribution in [3.63, 3.8) is 0 Å².